The molecule has 0 aliphatic carbocycles. The van der Waals surface area contributed by atoms with Gasteiger partial charge in [-0.05, 0) is 0 Å². The van der Waals surface area contributed by atoms with E-state index in [1.54, 1.807) is 0 Å². The summed E-state index contributed by atoms with van der Waals surface area (Å²) < 4.78 is 30.5. The SMILES string of the molecule is CC(=O)OC[C@H](OC(C)=O)C1O[C@@H](O)C(OC(C)=O)[C@@H](OC(C)=O)[C@@H]1OC(C)=O. The van der Waals surface area contributed by atoms with Crippen LogP contribution in [0.5, 0.6) is 0 Å². The number of carbonyl (C=O) groups excluding carboxylic acids is 5. The summed E-state index contributed by atoms with van der Waals surface area (Å²) in [4.78, 5) is 57.2. The van der Waals surface area contributed by atoms with Crippen LogP contribution in [0.1, 0.15) is 34.6 Å². The summed E-state index contributed by atoms with van der Waals surface area (Å²) in [5, 5.41) is 10.3. The molecule has 6 atom stereocenters. The number of ether oxygens (including phenoxy) is 6. The van der Waals surface area contributed by atoms with Gasteiger partial charge in [0.1, 0.15) is 12.7 Å². The molecular formula is C17H24O12. The lowest BCUT2D eigenvalue weighted by Crippen LogP contribution is -2.64. The predicted octanol–water partition coefficient (Wildman–Crippen LogP) is -1.01. The van der Waals surface area contributed by atoms with Crippen LogP contribution in [0.25, 0.3) is 0 Å². The lowest BCUT2D eigenvalue weighted by atomic mass is 9.94. The molecule has 12 nitrogen and oxygen atoms in total. The third kappa shape index (κ3) is 7.66. The molecule has 0 saturated carbocycles. The number of carbonyl (C=O) groups is 5. The lowest BCUT2D eigenvalue weighted by Gasteiger charge is -2.44. The molecule has 1 aliphatic rings. The van der Waals surface area contributed by atoms with Gasteiger partial charge in [-0.3, -0.25) is 24.0 Å². The third-order valence-electron chi connectivity index (χ3n) is 3.59. The van der Waals surface area contributed by atoms with Gasteiger partial charge in [-0.2, -0.15) is 0 Å². The summed E-state index contributed by atoms with van der Waals surface area (Å²) in [5.41, 5.74) is 0. The highest BCUT2D eigenvalue weighted by Gasteiger charge is 2.54. The van der Waals surface area contributed by atoms with Crippen molar-refractivity contribution in [2.75, 3.05) is 6.61 Å². The van der Waals surface area contributed by atoms with Crippen molar-refractivity contribution in [3.63, 3.8) is 0 Å². The highest BCUT2D eigenvalue weighted by Crippen LogP contribution is 2.30. The van der Waals surface area contributed by atoms with Crippen LogP contribution < -0.4 is 0 Å². The number of rotatable bonds is 7. The van der Waals surface area contributed by atoms with Gasteiger partial charge in [0, 0.05) is 34.6 Å². The zero-order chi connectivity index (χ0) is 22.3. The summed E-state index contributed by atoms with van der Waals surface area (Å²) in [6.07, 6.45) is -9.10. The number of hydrogen-bond acceptors (Lipinski definition) is 12. The highest BCUT2D eigenvalue weighted by molar-refractivity contribution is 5.69. The first-order valence-corrected chi connectivity index (χ1v) is 8.58. The molecular weight excluding hydrogens is 396 g/mol. The quantitative estimate of drug-likeness (QED) is 0.395. The van der Waals surface area contributed by atoms with E-state index in [2.05, 4.69) is 0 Å². The highest BCUT2D eigenvalue weighted by atomic mass is 16.7. The van der Waals surface area contributed by atoms with Gasteiger partial charge in [0.2, 0.25) is 0 Å². The topological polar surface area (TPSA) is 161 Å². The van der Waals surface area contributed by atoms with Crippen LogP contribution in [0.3, 0.4) is 0 Å². The van der Waals surface area contributed by atoms with Crippen molar-refractivity contribution in [2.24, 2.45) is 0 Å². The van der Waals surface area contributed by atoms with Gasteiger partial charge in [0.25, 0.3) is 0 Å². The van der Waals surface area contributed by atoms with E-state index >= 15 is 0 Å². The zero-order valence-electron chi connectivity index (χ0n) is 16.6. The molecule has 0 spiro atoms. The molecule has 1 saturated heterocycles. The second-order valence-electron chi connectivity index (χ2n) is 6.16. The fraction of sp³-hybridized carbons (Fsp3) is 0.706. The van der Waals surface area contributed by atoms with E-state index in [4.69, 9.17) is 28.4 Å². The first-order chi connectivity index (χ1) is 13.4. The Bertz CT molecular complexity index is 644. The van der Waals surface area contributed by atoms with E-state index in [9.17, 15) is 29.1 Å². The van der Waals surface area contributed by atoms with Gasteiger partial charge in [-0.1, -0.05) is 0 Å². The van der Waals surface area contributed by atoms with E-state index in [0.717, 1.165) is 34.6 Å². The molecule has 0 bridgehead atoms. The molecule has 29 heavy (non-hydrogen) atoms. The normalized spacial score (nSPS) is 27.2. The molecule has 2 unspecified atom stereocenters. The van der Waals surface area contributed by atoms with Crippen LogP contribution >= 0.6 is 0 Å². The van der Waals surface area contributed by atoms with Crippen LogP contribution in [0.2, 0.25) is 0 Å². The Kier molecular flexibility index (Phi) is 8.98. The van der Waals surface area contributed by atoms with Crippen LogP contribution in [0.15, 0.2) is 0 Å². The number of aliphatic hydroxyl groups is 1. The first-order valence-electron chi connectivity index (χ1n) is 8.58. The van der Waals surface area contributed by atoms with E-state index in [1.165, 1.54) is 0 Å². The van der Waals surface area contributed by atoms with E-state index in [1.807, 2.05) is 0 Å². The molecule has 0 aromatic carbocycles. The third-order valence-corrected chi connectivity index (χ3v) is 3.59. The van der Waals surface area contributed by atoms with Gasteiger partial charge >= 0.3 is 29.8 Å². The molecule has 12 heteroatoms. The van der Waals surface area contributed by atoms with E-state index < -0.39 is 73.3 Å². The Morgan fingerprint density at radius 3 is 1.69 bits per heavy atom. The molecule has 164 valence electrons. The Hall–Kier alpha value is -2.73. The molecule has 0 aromatic heterocycles. The standard InChI is InChI=1S/C17H24O12/c1-7(18)24-6-12(25-8(2)19)13-14(26-9(3)20)15(27-10(4)21)16(17(23)29-13)28-11(5)22/h12-17,23H,6H2,1-5H3/t12-,13?,14+,15-,16?,17+/m0/s1. The molecule has 1 rings (SSSR count). The minimum Gasteiger partial charge on any atom is -0.462 e. The summed E-state index contributed by atoms with van der Waals surface area (Å²) in [7, 11) is 0. The minimum absolute atomic E-state index is 0.505. The van der Waals surface area contributed by atoms with Crippen LogP contribution in [-0.2, 0) is 52.4 Å². The van der Waals surface area contributed by atoms with Crippen LogP contribution in [0.4, 0.5) is 0 Å². The fourth-order valence-electron chi connectivity index (χ4n) is 2.73. The predicted molar refractivity (Wildman–Crippen MR) is 89.7 cm³/mol. The largest absolute Gasteiger partial charge is 0.462 e. The van der Waals surface area contributed by atoms with Crippen molar-refractivity contribution >= 4 is 29.8 Å². The van der Waals surface area contributed by atoms with Crippen molar-refractivity contribution in [1.82, 2.24) is 0 Å². The Morgan fingerprint density at radius 2 is 1.24 bits per heavy atom. The molecule has 1 N–H and O–H groups in total. The van der Waals surface area contributed by atoms with Crippen molar-refractivity contribution in [1.29, 1.82) is 0 Å². The van der Waals surface area contributed by atoms with Gasteiger partial charge < -0.3 is 33.5 Å². The maximum Gasteiger partial charge on any atom is 0.303 e. The van der Waals surface area contributed by atoms with Gasteiger partial charge in [-0.15, -0.1) is 0 Å². The van der Waals surface area contributed by atoms with Crippen molar-refractivity contribution in [3.8, 4) is 0 Å². The van der Waals surface area contributed by atoms with E-state index in [-0.39, 0.29) is 0 Å². The smallest absolute Gasteiger partial charge is 0.303 e. The van der Waals surface area contributed by atoms with Crippen molar-refractivity contribution in [2.45, 2.75) is 71.4 Å². The van der Waals surface area contributed by atoms with Gasteiger partial charge in [-0.25, -0.2) is 0 Å². The first kappa shape index (κ1) is 24.3. The van der Waals surface area contributed by atoms with Crippen molar-refractivity contribution in [3.05, 3.63) is 0 Å². The lowest BCUT2D eigenvalue weighted by molar-refractivity contribution is -0.306. The summed E-state index contributed by atoms with van der Waals surface area (Å²) >= 11 is 0. The summed E-state index contributed by atoms with van der Waals surface area (Å²) in [6.45, 7) is 4.84. The monoisotopic (exact) mass is 420 g/mol. The average molecular weight is 420 g/mol. The Balaban J connectivity index is 3.34. The van der Waals surface area contributed by atoms with Crippen LogP contribution in [0, 0.1) is 0 Å². The number of hydrogen-bond donors (Lipinski definition) is 1. The molecule has 1 aliphatic heterocycles. The molecule has 0 aromatic rings. The van der Waals surface area contributed by atoms with Crippen molar-refractivity contribution < 1.29 is 57.5 Å². The Morgan fingerprint density at radius 1 is 0.759 bits per heavy atom. The fourth-order valence-corrected chi connectivity index (χ4v) is 2.73. The number of aliphatic hydroxyl groups excluding tert-OH is 1. The number of esters is 5. The summed E-state index contributed by atoms with van der Waals surface area (Å²) in [5.74, 6) is -3.97. The second-order valence-corrected chi connectivity index (χ2v) is 6.16. The zero-order valence-corrected chi connectivity index (χ0v) is 16.6. The maximum atomic E-state index is 11.6. The van der Waals surface area contributed by atoms with Gasteiger partial charge in [0.05, 0.1) is 0 Å². The Labute approximate surface area is 166 Å². The molecule has 0 amide bonds. The van der Waals surface area contributed by atoms with Crippen LogP contribution in [-0.4, -0.2) is 78.4 Å². The maximum absolute atomic E-state index is 11.6. The average Bonchev–Trinajstić information content (AvgIpc) is 2.55. The molecule has 1 heterocycles. The molecule has 1 fully saturated rings. The molecule has 0 radical (unpaired) electrons. The van der Waals surface area contributed by atoms with Gasteiger partial charge in [0.15, 0.2) is 30.7 Å². The summed E-state index contributed by atoms with van der Waals surface area (Å²) in [6, 6.07) is 0. The minimum atomic E-state index is -1.84. The second kappa shape index (κ2) is 10.7. The van der Waals surface area contributed by atoms with E-state index in [0.29, 0.717) is 0 Å².